The van der Waals surface area contributed by atoms with E-state index in [4.69, 9.17) is 21.1 Å². The van der Waals surface area contributed by atoms with Gasteiger partial charge in [0.15, 0.2) is 0 Å². The molecule has 1 aliphatic rings. The van der Waals surface area contributed by atoms with Crippen molar-refractivity contribution in [2.75, 3.05) is 18.5 Å². The first-order chi connectivity index (χ1) is 11.2. The van der Waals surface area contributed by atoms with E-state index in [1.54, 1.807) is 18.2 Å². The summed E-state index contributed by atoms with van der Waals surface area (Å²) in [5.41, 5.74) is 1.11. The van der Waals surface area contributed by atoms with E-state index < -0.39 is 0 Å². The van der Waals surface area contributed by atoms with Gasteiger partial charge in [-0.25, -0.2) is 4.98 Å². The Morgan fingerprint density at radius 3 is 3.09 bits per heavy atom. The molecular formula is C17H17ClN2O3. The topological polar surface area (TPSA) is 60.5 Å². The van der Waals surface area contributed by atoms with Crippen molar-refractivity contribution in [2.45, 2.75) is 18.9 Å². The van der Waals surface area contributed by atoms with Crippen LogP contribution in [0.3, 0.4) is 0 Å². The van der Waals surface area contributed by atoms with Gasteiger partial charge in [0, 0.05) is 30.1 Å². The molecule has 2 aromatic rings. The number of anilines is 1. The largest absolute Gasteiger partial charge is 0.491 e. The molecule has 3 rings (SSSR count). The molecule has 6 heteroatoms. The minimum Gasteiger partial charge on any atom is -0.491 e. The summed E-state index contributed by atoms with van der Waals surface area (Å²) >= 11 is 5.80. The molecule has 0 saturated carbocycles. The van der Waals surface area contributed by atoms with Crippen molar-refractivity contribution in [1.29, 1.82) is 0 Å². The Kier molecular flexibility index (Phi) is 5.10. The first-order valence-corrected chi connectivity index (χ1v) is 7.86. The van der Waals surface area contributed by atoms with Gasteiger partial charge < -0.3 is 14.8 Å². The molecular weight excluding hydrogens is 316 g/mol. The number of benzene rings is 1. The predicted octanol–water partition coefficient (Wildman–Crippen LogP) is 3.55. The molecule has 1 N–H and O–H groups in total. The van der Waals surface area contributed by atoms with E-state index in [2.05, 4.69) is 10.3 Å². The van der Waals surface area contributed by atoms with Gasteiger partial charge >= 0.3 is 0 Å². The molecule has 1 unspecified atom stereocenters. The maximum atomic E-state index is 12.2. The first-order valence-electron chi connectivity index (χ1n) is 7.48. The van der Waals surface area contributed by atoms with Crippen molar-refractivity contribution < 1.29 is 14.3 Å². The Labute approximate surface area is 139 Å². The predicted molar refractivity (Wildman–Crippen MR) is 88.1 cm³/mol. The highest BCUT2D eigenvalue weighted by Crippen LogP contribution is 2.20. The van der Waals surface area contributed by atoms with Crippen LogP contribution in [0.4, 0.5) is 5.69 Å². The average molecular weight is 333 g/mol. The Hall–Kier alpha value is -2.11. The molecule has 23 heavy (non-hydrogen) atoms. The smallest absolute Gasteiger partial charge is 0.255 e. The lowest BCUT2D eigenvalue weighted by molar-refractivity contribution is 0.0680. The van der Waals surface area contributed by atoms with Crippen LogP contribution in [-0.4, -0.2) is 30.2 Å². The number of halogens is 1. The van der Waals surface area contributed by atoms with E-state index in [0.717, 1.165) is 19.4 Å². The average Bonchev–Trinajstić information content (AvgIpc) is 3.07. The first kappa shape index (κ1) is 15.8. The molecule has 0 aliphatic carbocycles. The molecule has 1 saturated heterocycles. The van der Waals surface area contributed by atoms with Crippen molar-refractivity contribution in [2.24, 2.45) is 0 Å². The SMILES string of the molecule is O=C(Nc1cccc(OCC2CCCO2)c1)c1ccnc(Cl)c1. The van der Waals surface area contributed by atoms with Crippen molar-refractivity contribution in [3.8, 4) is 5.75 Å². The number of carbonyl (C=O) groups is 1. The van der Waals surface area contributed by atoms with Crippen LogP contribution in [0.25, 0.3) is 0 Å². The lowest BCUT2D eigenvalue weighted by Crippen LogP contribution is -2.16. The zero-order valence-electron chi connectivity index (χ0n) is 12.5. The number of nitrogens with one attached hydrogen (secondary N) is 1. The van der Waals surface area contributed by atoms with Crippen LogP contribution >= 0.6 is 11.6 Å². The van der Waals surface area contributed by atoms with Crippen molar-refractivity contribution in [3.63, 3.8) is 0 Å². The van der Waals surface area contributed by atoms with Crippen molar-refractivity contribution in [3.05, 3.63) is 53.3 Å². The van der Waals surface area contributed by atoms with Crippen LogP contribution in [0, 0.1) is 0 Å². The summed E-state index contributed by atoms with van der Waals surface area (Å²) < 4.78 is 11.3. The third-order valence-corrected chi connectivity index (χ3v) is 3.75. The quantitative estimate of drug-likeness (QED) is 0.851. The normalized spacial score (nSPS) is 17.0. The van der Waals surface area contributed by atoms with Crippen LogP contribution in [0.2, 0.25) is 5.15 Å². The maximum absolute atomic E-state index is 12.2. The maximum Gasteiger partial charge on any atom is 0.255 e. The van der Waals surface area contributed by atoms with Crippen LogP contribution in [0.15, 0.2) is 42.6 Å². The number of amides is 1. The standard InChI is InChI=1S/C17H17ClN2O3/c18-16-9-12(6-7-19-16)17(21)20-13-3-1-4-14(10-13)23-11-15-5-2-8-22-15/h1,3-4,6-7,9-10,15H,2,5,8,11H2,(H,20,21). The minimum atomic E-state index is -0.245. The van der Waals surface area contributed by atoms with Gasteiger partial charge in [0.2, 0.25) is 0 Å². The zero-order chi connectivity index (χ0) is 16.1. The Morgan fingerprint density at radius 1 is 1.39 bits per heavy atom. The number of hydrogen-bond acceptors (Lipinski definition) is 4. The molecule has 1 amide bonds. The summed E-state index contributed by atoms with van der Waals surface area (Å²) in [6.45, 7) is 1.33. The zero-order valence-corrected chi connectivity index (χ0v) is 13.3. The van der Waals surface area contributed by atoms with Gasteiger partial charge in [-0.15, -0.1) is 0 Å². The summed E-state index contributed by atoms with van der Waals surface area (Å²) in [5.74, 6) is 0.455. The third-order valence-electron chi connectivity index (χ3n) is 3.54. The molecule has 1 fully saturated rings. The van der Waals surface area contributed by atoms with Gasteiger partial charge in [-0.3, -0.25) is 4.79 Å². The van der Waals surface area contributed by atoms with Gasteiger partial charge in [-0.05, 0) is 37.1 Å². The Bertz CT molecular complexity index is 687. The number of pyridine rings is 1. The highest BCUT2D eigenvalue weighted by molar-refractivity contribution is 6.29. The summed E-state index contributed by atoms with van der Waals surface area (Å²) in [6, 6.07) is 10.4. The van der Waals surface area contributed by atoms with Crippen molar-refractivity contribution >= 4 is 23.2 Å². The monoisotopic (exact) mass is 332 g/mol. The summed E-state index contributed by atoms with van der Waals surface area (Å²) in [5, 5.41) is 3.10. The molecule has 120 valence electrons. The van der Waals surface area contributed by atoms with Crippen LogP contribution < -0.4 is 10.1 Å². The molecule has 0 bridgehead atoms. The second-order valence-electron chi connectivity index (χ2n) is 5.30. The lowest BCUT2D eigenvalue weighted by atomic mass is 10.2. The molecule has 0 spiro atoms. The highest BCUT2D eigenvalue weighted by atomic mass is 35.5. The number of ether oxygens (including phenoxy) is 2. The van der Waals surface area contributed by atoms with Crippen molar-refractivity contribution in [1.82, 2.24) is 4.98 Å². The van der Waals surface area contributed by atoms with Gasteiger partial charge in [0.1, 0.15) is 17.5 Å². The van der Waals surface area contributed by atoms with Gasteiger partial charge in [0.25, 0.3) is 5.91 Å². The summed E-state index contributed by atoms with van der Waals surface area (Å²) in [4.78, 5) is 16.0. The second-order valence-corrected chi connectivity index (χ2v) is 5.68. The number of hydrogen-bond donors (Lipinski definition) is 1. The van der Waals surface area contributed by atoms with Crippen LogP contribution in [-0.2, 0) is 4.74 Å². The Balaban J connectivity index is 1.61. The minimum absolute atomic E-state index is 0.159. The second kappa shape index (κ2) is 7.44. The number of nitrogens with zero attached hydrogens (tertiary/aromatic N) is 1. The molecule has 1 atom stereocenters. The summed E-state index contributed by atoms with van der Waals surface area (Å²) in [7, 11) is 0. The van der Waals surface area contributed by atoms with E-state index in [1.165, 1.54) is 12.3 Å². The lowest BCUT2D eigenvalue weighted by Gasteiger charge is -2.12. The molecule has 0 radical (unpaired) electrons. The fourth-order valence-electron chi connectivity index (χ4n) is 2.38. The van der Waals surface area contributed by atoms with Gasteiger partial charge in [-0.2, -0.15) is 0 Å². The molecule has 1 aromatic carbocycles. The number of rotatable bonds is 5. The van der Waals surface area contributed by atoms with Crippen LogP contribution in [0.5, 0.6) is 5.75 Å². The van der Waals surface area contributed by atoms with E-state index >= 15 is 0 Å². The van der Waals surface area contributed by atoms with Gasteiger partial charge in [0.05, 0.1) is 6.10 Å². The number of carbonyl (C=O) groups excluding carboxylic acids is 1. The molecule has 1 aromatic heterocycles. The molecule has 2 heterocycles. The fraction of sp³-hybridized carbons (Fsp3) is 0.294. The van der Waals surface area contributed by atoms with Gasteiger partial charge in [-0.1, -0.05) is 17.7 Å². The molecule has 5 nitrogen and oxygen atoms in total. The van der Waals surface area contributed by atoms with E-state index in [0.29, 0.717) is 23.6 Å². The fourth-order valence-corrected chi connectivity index (χ4v) is 2.55. The number of aromatic nitrogens is 1. The molecule has 1 aliphatic heterocycles. The van der Waals surface area contributed by atoms with Crippen LogP contribution in [0.1, 0.15) is 23.2 Å². The van der Waals surface area contributed by atoms with E-state index in [-0.39, 0.29) is 17.2 Å². The highest BCUT2D eigenvalue weighted by Gasteiger charge is 2.16. The third kappa shape index (κ3) is 4.43. The van der Waals surface area contributed by atoms with E-state index in [1.807, 2.05) is 12.1 Å². The summed E-state index contributed by atoms with van der Waals surface area (Å²) in [6.07, 6.45) is 3.77. The van der Waals surface area contributed by atoms with E-state index in [9.17, 15) is 4.79 Å². The Morgan fingerprint density at radius 2 is 2.30 bits per heavy atom.